The molecule has 1 saturated heterocycles. The standard InChI is InChI=1S/C17H23N3O2/c1-13-3-5-14(6-4-13)17-19-15(12-22-17)9-18-10-16-11-20(2)7-8-21-16/h3-6,12,16,18H,7-11H2,1-2H3/t16-/m1/s1. The quantitative estimate of drug-likeness (QED) is 0.916. The molecular weight excluding hydrogens is 278 g/mol. The molecule has 1 aromatic heterocycles. The lowest BCUT2D eigenvalue weighted by molar-refractivity contribution is -0.0182. The molecule has 3 rings (SSSR count). The minimum Gasteiger partial charge on any atom is -0.444 e. The van der Waals surface area contributed by atoms with Crippen molar-refractivity contribution in [3.63, 3.8) is 0 Å². The van der Waals surface area contributed by atoms with Crippen molar-refractivity contribution in [2.24, 2.45) is 0 Å². The molecular formula is C17H23N3O2. The van der Waals surface area contributed by atoms with E-state index < -0.39 is 0 Å². The Bertz CT molecular complexity index is 594. The lowest BCUT2D eigenvalue weighted by Crippen LogP contribution is -2.44. The first-order valence-corrected chi connectivity index (χ1v) is 7.73. The first-order valence-electron chi connectivity index (χ1n) is 7.73. The molecule has 0 radical (unpaired) electrons. The van der Waals surface area contributed by atoms with Gasteiger partial charge in [0, 0.05) is 31.7 Å². The van der Waals surface area contributed by atoms with Crippen molar-refractivity contribution in [2.45, 2.75) is 19.6 Å². The highest BCUT2D eigenvalue weighted by Gasteiger charge is 2.17. The predicted molar refractivity (Wildman–Crippen MR) is 85.6 cm³/mol. The Morgan fingerprint density at radius 2 is 2.14 bits per heavy atom. The zero-order chi connectivity index (χ0) is 15.4. The average molecular weight is 301 g/mol. The van der Waals surface area contributed by atoms with Crippen LogP contribution in [0.1, 0.15) is 11.3 Å². The number of likely N-dealkylation sites (N-methyl/N-ethyl adjacent to an activating group) is 1. The maximum atomic E-state index is 5.72. The molecule has 5 nitrogen and oxygen atoms in total. The van der Waals surface area contributed by atoms with Crippen molar-refractivity contribution >= 4 is 0 Å². The third-order valence-corrected chi connectivity index (χ3v) is 3.87. The molecule has 1 fully saturated rings. The van der Waals surface area contributed by atoms with Crippen molar-refractivity contribution < 1.29 is 9.15 Å². The van der Waals surface area contributed by atoms with Crippen LogP contribution in [-0.4, -0.2) is 49.3 Å². The number of oxazole rings is 1. The summed E-state index contributed by atoms with van der Waals surface area (Å²) < 4.78 is 11.3. The second kappa shape index (κ2) is 7.05. The van der Waals surface area contributed by atoms with Gasteiger partial charge in [0.1, 0.15) is 6.26 Å². The van der Waals surface area contributed by atoms with E-state index in [0.717, 1.165) is 37.5 Å². The van der Waals surface area contributed by atoms with Crippen LogP contribution >= 0.6 is 0 Å². The van der Waals surface area contributed by atoms with E-state index in [0.29, 0.717) is 12.4 Å². The van der Waals surface area contributed by atoms with Crippen LogP contribution in [0.25, 0.3) is 11.5 Å². The Balaban J connectivity index is 1.50. The molecule has 118 valence electrons. The van der Waals surface area contributed by atoms with E-state index in [1.54, 1.807) is 6.26 Å². The van der Waals surface area contributed by atoms with Crippen LogP contribution in [-0.2, 0) is 11.3 Å². The maximum Gasteiger partial charge on any atom is 0.226 e. The number of morpholine rings is 1. The first kappa shape index (κ1) is 15.2. The van der Waals surface area contributed by atoms with Crippen LogP contribution in [0.2, 0.25) is 0 Å². The molecule has 1 aliphatic rings. The van der Waals surface area contributed by atoms with Gasteiger partial charge in [-0.15, -0.1) is 0 Å². The van der Waals surface area contributed by atoms with Gasteiger partial charge in [-0.25, -0.2) is 4.98 Å². The van der Waals surface area contributed by atoms with Crippen molar-refractivity contribution in [2.75, 3.05) is 33.3 Å². The lowest BCUT2D eigenvalue weighted by Gasteiger charge is -2.30. The van der Waals surface area contributed by atoms with Gasteiger partial charge < -0.3 is 19.4 Å². The lowest BCUT2D eigenvalue weighted by atomic mass is 10.1. The highest BCUT2D eigenvalue weighted by Crippen LogP contribution is 2.19. The number of nitrogens with zero attached hydrogens (tertiary/aromatic N) is 2. The summed E-state index contributed by atoms with van der Waals surface area (Å²) in [4.78, 5) is 6.82. The van der Waals surface area contributed by atoms with Crippen LogP contribution in [0.4, 0.5) is 0 Å². The molecule has 0 saturated carbocycles. The largest absolute Gasteiger partial charge is 0.444 e. The fraction of sp³-hybridized carbons (Fsp3) is 0.471. The highest BCUT2D eigenvalue weighted by molar-refractivity contribution is 5.53. The highest BCUT2D eigenvalue weighted by atomic mass is 16.5. The monoisotopic (exact) mass is 301 g/mol. The number of hydrogen-bond acceptors (Lipinski definition) is 5. The summed E-state index contributed by atoms with van der Waals surface area (Å²) in [5, 5.41) is 3.39. The molecule has 22 heavy (non-hydrogen) atoms. The molecule has 1 N–H and O–H groups in total. The Kier molecular flexibility index (Phi) is 4.87. The van der Waals surface area contributed by atoms with Crippen LogP contribution < -0.4 is 5.32 Å². The van der Waals surface area contributed by atoms with Gasteiger partial charge in [0.05, 0.1) is 18.4 Å². The van der Waals surface area contributed by atoms with Crippen LogP contribution in [0.5, 0.6) is 0 Å². The fourth-order valence-electron chi connectivity index (χ4n) is 2.57. The van der Waals surface area contributed by atoms with Crippen molar-refractivity contribution in [1.82, 2.24) is 15.2 Å². The number of rotatable bonds is 5. The summed E-state index contributed by atoms with van der Waals surface area (Å²) in [6.45, 7) is 6.39. The molecule has 1 atom stereocenters. The minimum absolute atomic E-state index is 0.252. The Labute approximate surface area is 131 Å². The normalized spacial score (nSPS) is 19.5. The van der Waals surface area contributed by atoms with Gasteiger partial charge in [0.25, 0.3) is 0 Å². The molecule has 1 aromatic carbocycles. The molecule has 1 aliphatic heterocycles. The number of hydrogen-bond donors (Lipinski definition) is 1. The van der Waals surface area contributed by atoms with E-state index in [2.05, 4.69) is 41.3 Å². The smallest absolute Gasteiger partial charge is 0.226 e. The predicted octanol–water partition coefficient (Wildman–Crippen LogP) is 2.07. The topological polar surface area (TPSA) is 50.5 Å². The van der Waals surface area contributed by atoms with Crippen LogP contribution in [0.15, 0.2) is 34.9 Å². The number of ether oxygens (including phenoxy) is 1. The summed E-state index contributed by atoms with van der Waals surface area (Å²) in [5.41, 5.74) is 3.16. The van der Waals surface area contributed by atoms with Crippen molar-refractivity contribution in [3.05, 3.63) is 41.8 Å². The summed E-state index contributed by atoms with van der Waals surface area (Å²) >= 11 is 0. The van der Waals surface area contributed by atoms with Gasteiger partial charge >= 0.3 is 0 Å². The number of nitrogens with one attached hydrogen (secondary N) is 1. The molecule has 2 aromatic rings. The average Bonchev–Trinajstić information content (AvgIpc) is 2.97. The number of aryl methyl sites for hydroxylation is 1. The van der Waals surface area contributed by atoms with Gasteiger partial charge in [-0.1, -0.05) is 17.7 Å². The van der Waals surface area contributed by atoms with Crippen LogP contribution in [0.3, 0.4) is 0 Å². The Morgan fingerprint density at radius 1 is 1.32 bits per heavy atom. The minimum atomic E-state index is 0.252. The molecule has 0 spiro atoms. The second-order valence-electron chi connectivity index (χ2n) is 5.90. The maximum absolute atomic E-state index is 5.72. The zero-order valence-electron chi connectivity index (χ0n) is 13.2. The third-order valence-electron chi connectivity index (χ3n) is 3.87. The van der Waals surface area contributed by atoms with E-state index in [1.165, 1.54) is 5.56 Å². The van der Waals surface area contributed by atoms with E-state index in [9.17, 15) is 0 Å². The van der Waals surface area contributed by atoms with Gasteiger partial charge in [0.15, 0.2) is 0 Å². The van der Waals surface area contributed by atoms with Crippen LogP contribution in [0, 0.1) is 6.92 Å². The fourth-order valence-corrected chi connectivity index (χ4v) is 2.57. The van der Waals surface area contributed by atoms with Crippen molar-refractivity contribution in [3.8, 4) is 11.5 Å². The van der Waals surface area contributed by atoms with Gasteiger partial charge in [-0.2, -0.15) is 0 Å². The second-order valence-corrected chi connectivity index (χ2v) is 5.90. The summed E-state index contributed by atoms with van der Waals surface area (Å²) in [5.74, 6) is 0.672. The van der Waals surface area contributed by atoms with E-state index >= 15 is 0 Å². The molecule has 2 heterocycles. The third kappa shape index (κ3) is 3.94. The SMILES string of the molecule is Cc1ccc(-c2nc(CNC[C@@H]3CN(C)CCO3)co2)cc1. The van der Waals surface area contributed by atoms with Gasteiger partial charge in [-0.05, 0) is 26.1 Å². The molecule has 0 bridgehead atoms. The van der Waals surface area contributed by atoms with E-state index in [1.807, 2.05) is 12.1 Å². The molecule has 0 aliphatic carbocycles. The molecule has 0 unspecified atom stereocenters. The molecule has 0 amide bonds. The van der Waals surface area contributed by atoms with Gasteiger partial charge in [0.2, 0.25) is 5.89 Å². The Morgan fingerprint density at radius 3 is 2.91 bits per heavy atom. The van der Waals surface area contributed by atoms with E-state index in [-0.39, 0.29) is 6.10 Å². The summed E-state index contributed by atoms with van der Waals surface area (Å²) in [6.07, 6.45) is 1.97. The van der Waals surface area contributed by atoms with Crippen molar-refractivity contribution in [1.29, 1.82) is 0 Å². The number of aromatic nitrogens is 1. The van der Waals surface area contributed by atoms with E-state index in [4.69, 9.17) is 9.15 Å². The van der Waals surface area contributed by atoms with Gasteiger partial charge in [-0.3, -0.25) is 0 Å². The first-order chi connectivity index (χ1) is 10.7. The Hall–Kier alpha value is -1.69. The molecule has 5 heteroatoms. The summed E-state index contributed by atoms with van der Waals surface area (Å²) in [6, 6.07) is 8.19. The summed E-state index contributed by atoms with van der Waals surface area (Å²) in [7, 11) is 2.13. The number of benzene rings is 1. The zero-order valence-corrected chi connectivity index (χ0v) is 13.2.